The van der Waals surface area contributed by atoms with Crippen LogP contribution in [0.15, 0.2) is 12.1 Å². The first-order valence-electron chi connectivity index (χ1n) is 5.92. The van der Waals surface area contributed by atoms with Gasteiger partial charge >= 0.3 is 0 Å². The average Bonchev–Trinajstić information content (AvgIpc) is 2.65. The standard InChI is InChI=1S/C13H17ClN2O/c1-3-9-4-5-13(17)16(9)12-7-11(15)10(14)6-8(12)2/h6-7,9H,3-5,15H2,1-2H3. The maximum atomic E-state index is 11.9. The van der Waals surface area contributed by atoms with Crippen molar-refractivity contribution in [2.75, 3.05) is 10.6 Å². The van der Waals surface area contributed by atoms with Gasteiger partial charge in [-0.1, -0.05) is 18.5 Å². The average molecular weight is 253 g/mol. The van der Waals surface area contributed by atoms with E-state index in [-0.39, 0.29) is 5.91 Å². The number of amides is 1. The highest BCUT2D eigenvalue weighted by atomic mass is 35.5. The Bertz CT molecular complexity index is 459. The van der Waals surface area contributed by atoms with Crippen molar-refractivity contribution in [2.24, 2.45) is 0 Å². The second-order valence-corrected chi connectivity index (χ2v) is 4.93. The largest absolute Gasteiger partial charge is 0.397 e. The Morgan fingerprint density at radius 3 is 2.88 bits per heavy atom. The van der Waals surface area contributed by atoms with Gasteiger partial charge in [0, 0.05) is 18.2 Å². The van der Waals surface area contributed by atoms with Gasteiger partial charge in [-0.25, -0.2) is 0 Å². The molecule has 0 aromatic heterocycles. The molecule has 0 bridgehead atoms. The number of carbonyl (C=O) groups is 1. The van der Waals surface area contributed by atoms with Gasteiger partial charge in [-0.2, -0.15) is 0 Å². The molecule has 0 spiro atoms. The zero-order chi connectivity index (χ0) is 12.6. The zero-order valence-electron chi connectivity index (χ0n) is 10.2. The van der Waals surface area contributed by atoms with E-state index in [4.69, 9.17) is 17.3 Å². The van der Waals surface area contributed by atoms with Crippen molar-refractivity contribution in [1.29, 1.82) is 0 Å². The highest BCUT2D eigenvalue weighted by Gasteiger charge is 2.31. The minimum Gasteiger partial charge on any atom is -0.397 e. The van der Waals surface area contributed by atoms with E-state index < -0.39 is 0 Å². The van der Waals surface area contributed by atoms with Crippen LogP contribution in [0.3, 0.4) is 0 Å². The number of aryl methyl sites for hydroxylation is 1. The molecule has 1 aromatic carbocycles. The molecule has 3 nitrogen and oxygen atoms in total. The van der Waals surface area contributed by atoms with E-state index >= 15 is 0 Å². The van der Waals surface area contributed by atoms with E-state index in [0.29, 0.717) is 23.2 Å². The minimum absolute atomic E-state index is 0.182. The van der Waals surface area contributed by atoms with Crippen molar-refractivity contribution in [3.05, 3.63) is 22.7 Å². The van der Waals surface area contributed by atoms with Crippen molar-refractivity contribution in [1.82, 2.24) is 0 Å². The van der Waals surface area contributed by atoms with E-state index in [1.807, 2.05) is 24.0 Å². The molecule has 1 fully saturated rings. The van der Waals surface area contributed by atoms with Gasteiger partial charge in [0.2, 0.25) is 5.91 Å². The number of carbonyl (C=O) groups excluding carboxylic acids is 1. The van der Waals surface area contributed by atoms with Crippen LogP contribution < -0.4 is 10.6 Å². The van der Waals surface area contributed by atoms with Crippen LogP contribution in [-0.4, -0.2) is 11.9 Å². The molecule has 0 aliphatic carbocycles. The monoisotopic (exact) mass is 252 g/mol. The number of nitrogens with zero attached hydrogens (tertiary/aromatic N) is 1. The molecule has 1 heterocycles. The summed E-state index contributed by atoms with van der Waals surface area (Å²) in [6.07, 6.45) is 2.52. The molecular formula is C13H17ClN2O. The minimum atomic E-state index is 0.182. The molecule has 17 heavy (non-hydrogen) atoms. The lowest BCUT2D eigenvalue weighted by molar-refractivity contribution is -0.117. The molecule has 1 saturated heterocycles. The highest BCUT2D eigenvalue weighted by Crippen LogP contribution is 2.34. The first-order chi connectivity index (χ1) is 8.04. The second-order valence-electron chi connectivity index (χ2n) is 4.52. The number of benzene rings is 1. The second kappa shape index (κ2) is 4.57. The SMILES string of the molecule is CCC1CCC(=O)N1c1cc(N)c(Cl)cc1C. The highest BCUT2D eigenvalue weighted by molar-refractivity contribution is 6.33. The summed E-state index contributed by atoms with van der Waals surface area (Å²) in [5.41, 5.74) is 8.25. The fourth-order valence-electron chi connectivity index (χ4n) is 2.40. The fraction of sp³-hybridized carbons (Fsp3) is 0.462. The lowest BCUT2D eigenvalue weighted by atomic mass is 10.1. The first kappa shape index (κ1) is 12.2. The third-order valence-corrected chi connectivity index (χ3v) is 3.70. The molecule has 2 N–H and O–H groups in total. The normalized spacial score (nSPS) is 20.1. The van der Waals surface area contributed by atoms with Gasteiger partial charge in [0.25, 0.3) is 0 Å². The van der Waals surface area contributed by atoms with Crippen molar-refractivity contribution < 1.29 is 4.79 Å². The van der Waals surface area contributed by atoms with E-state index in [0.717, 1.165) is 24.1 Å². The van der Waals surface area contributed by atoms with Crippen LogP contribution >= 0.6 is 11.6 Å². The van der Waals surface area contributed by atoms with E-state index in [2.05, 4.69) is 6.92 Å². The summed E-state index contributed by atoms with van der Waals surface area (Å²) < 4.78 is 0. The Balaban J connectivity index is 2.45. The number of hydrogen-bond acceptors (Lipinski definition) is 2. The molecule has 1 atom stereocenters. The van der Waals surface area contributed by atoms with Gasteiger partial charge in [0.15, 0.2) is 0 Å². The summed E-state index contributed by atoms with van der Waals surface area (Å²) in [5, 5.41) is 0.547. The molecule has 1 amide bonds. The quantitative estimate of drug-likeness (QED) is 0.822. The van der Waals surface area contributed by atoms with Crippen molar-refractivity contribution in [2.45, 2.75) is 39.2 Å². The van der Waals surface area contributed by atoms with Crippen molar-refractivity contribution >= 4 is 28.9 Å². The Hall–Kier alpha value is -1.22. The third-order valence-electron chi connectivity index (χ3n) is 3.37. The smallest absolute Gasteiger partial charge is 0.227 e. The predicted molar refractivity (Wildman–Crippen MR) is 71.4 cm³/mol. The molecular weight excluding hydrogens is 236 g/mol. The topological polar surface area (TPSA) is 46.3 Å². The van der Waals surface area contributed by atoms with Crippen LogP contribution in [-0.2, 0) is 4.79 Å². The number of halogens is 1. The van der Waals surface area contributed by atoms with Crippen molar-refractivity contribution in [3.8, 4) is 0 Å². The van der Waals surface area contributed by atoms with Crippen LogP contribution in [0.4, 0.5) is 11.4 Å². The molecule has 1 unspecified atom stereocenters. The van der Waals surface area contributed by atoms with E-state index in [9.17, 15) is 4.79 Å². The van der Waals surface area contributed by atoms with Crippen LogP contribution in [0.1, 0.15) is 31.7 Å². The van der Waals surface area contributed by atoms with Crippen LogP contribution in [0.5, 0.6) is 0 Å². The van der Waals surface area contributed by atoms with E-state index in [1.54, 1.807) is 0 Å². The summed E-state index contributed by atoms with van der Waals surface area (Å²) in [6.45, 7) is 4.06. The zero-order valence-corrected chi connectivity index (χ0v) is 10.9. The molecule has 0 radical (unpaired) electrons. The third kappa shape index (κ3) is 2.12. The van der Waals surface area contributed by atoms with Gasteiger partial charge in [-0.3, -0.25) is 4.79 Å². The lowest BCUT2D eigenvalue weighted by Gasteiger charge is -2.26. The summed E-state index contributed by atoms with van der Waals surface area (Å²) in [6, 6.07) is 3.93. The summed E-state index contributed by atoms with van der Waals surface area (Å²) >= 11 is 5.97. The Morgan fingerprint density at radius 1 is 1.53 bits per heavy atom. The van der Waals surface area contributed by atoms with Gasteiger partial charge in [-0.15, -0.1) is 0 Å². The molecule has 1 aromatic rings. The van der Waals surface area contributed by atoms with Crippen molar-refractivity contribution in [3.63, 3.8) is 0 Å². The van der Waals surface area contributed by atoms with Crippen LogP contribution in [0.2, 0.25) is 5.02 Å². The maximum Gasteiger partial charge on any atom is 0.227 e. The van der Waals surface area contributed by atoms with E-state index in [1.165, 1.54) is 0 Å². The first-order valence-corrected chi connectivity index (χ1v) is 6.30. The predicted octanol–water partition coefficient (Wildman–Crippen LogP) is 3.14. The molecule has 1 aliphatic heterocycles. The van der Waals surface area contributed by atoms with Gasteiger partial charge in [0.1, 0.15) is 0 Å². The number of nitrogens with two attached hydrogens (primary N) is 1. The Morgan fingerprint density at radius 2 is 2.24 bits per heavy atom. The summed E-state index contributed by atoms with van der Waals surface area (Å²) in [5.74, 6) is 0.182. The number of nitrogen functional groups attached to an aromatic ring is 1. The molecule has 1 aliphatic rings. The Labute approximate surface area is 107 Å². The lowest BCUT2D eigenvalue weighted by Crippen LogP contribution is -2.33. The number of rotatable bonds is 2. The number of hydrogen-bond donors (Lipinski definition) is 1. The fourth-order valence-corrected chi connectivity index (χ4v) is 2.62. The summed E-state index contributed by atoms with van der Waals surface area (Å²) in [4.78, 5) is 13.8. The molecule has 0 saturated carbocycles. The Kier molecular flexibility index (Phi) is 3.29. The van der Waals surface area contributed by atoms with Gasteiger partial charge in [0.05, 0.1) is 10.7 Å². The molecule has 2 rings (SSSR count). The van der Waals surface area contributed by atoms with Gasteiger partial charge in [-0.05, 0) is 37.5 Å². The summed E-state index contributed by atoms with van der Waals surface area (Å²) in [7, 11) is 0. The van der Waals surface area contributed by atoms with Crippen LogP contribution in [0, 0.1) is 6.92 Å². The maximum absolute atomic E-state index is 11.9. The van der Waals surface area contributed by atoms with Crippen LogP contribution in [0.25, 0.3) is 0 Å². The molecule has 4 heteroatoms. The van der Waals surface area contributed by atoms with Gasteiger partial charge < -0.3 is 10.6 Å². The number of anilines is 2. The molecule has 92 valence electrons.